The van der Waals surface area contributed by atoms with Gasteiger partial charge in [-0.1, -0.05) is 38.1 Å². The molecule has 2 amide bonds. The smallest absolute Gasteiger partial charge is 0.333 e. The van der Waals surface area contributed by atoms with E-state index in [-0.39, 0.29) is 17.9 Å². The fourth-order valence-electron chi connectivity index (χ4n) is 4.04. The van der Waals surface area contributed by atoms with Crippen molar-refractivity contribution < 1.29 is 9.59 Å². The van der Waals surface area contributed by atoms with Crippen LogP contribution in [0.1, 0.15) is 39.5 Å². The third-order valence-electron chi connectivity index (χ3n) is 6.11. The number of Topliss-reactive ketones (excluding diaryl/α,β-unsaturated/α-hetero) is 1. The molecule has 2 atom stereocenters. The minimum Gasteiger partial charge on any atom is -0.368 e. The molecule has 1 aliphatic heterocycles. The van der Waals surface area contributed by atoms with E-state index in [4.69, 9.17) is 5.84 Å². The quantitative estimate of drug-likeness (QED) is 0.231. The Kier molecular flexibility index (Phi) is 8.36. The van der Waals surface area contributed by atoms with Crippen LogP contribution in [0.25, 0.3) is 0 Å². The molecule has 1 fully saturated rings. The predicted molar refractivity (Wildman–Crippen MR) is 143 cm³/mol. The summed E-state index contributed by atoms with van der Waals surface area (Å²) in [6.45, 7) is 4.38. The highest BCUT2D eigenvalue weighted by atomic mass is 32.2. The van der Waals surface area contributed by atoms with Crippen molar-refractivity contribution in [2.24, 2.45) is 11.8 Å². The lowest BCUT2D eigenvalue weighted by Gasteiger charge is -2.25. The van der Waals surface area contributed by atoms with E-state index >= 15 is 0 Å². The van der Waals surface area contributed by atoms with Crippen LogP contribution in [0.5, 0.6) is 0 Å². The molecule has 35 heavy (non-hydrogen) atoms. The fraction of sp³-hybridized carbons (Fsp3) is 0.407. The van der Waals surface area contributed by atoms with Gasteiger partial charge in [-0.15, -0.1) is 0 Å². The number of carbonyl (C=O) groups is 2. The van der Waals surface area contributed by atoms with Gasteiger partial charge in [0.25, 0.3) is 0 Å². The van der Waals surface area contributed by atoms with E-state index in [0.717, 1.165) is 47.5 Å². The van der Waals surface area contributed by atoms with Crippen molar-refractivity contribution in [1.82, 2.24) is 15.6 Å². The summed E-state index contributed by atoms with van der Waals surface area (Å²) >= 11 is 1.91. The first kappa shape index (κ1) is 25.1. The maximum absolute atomic E-state index is 13.2. The van der Waals surface area contributed by atoms with Crippen molar-refractivity contribution >= 4 is 29.3 Å². The third-order valence-corrected chi connectivity index (χ3v) is 7.44. The molecule has 8 heteroatoms. The van der Waals surface area contributed by atoms with Crippen molar-refractivity contribution in [3.63, 3.8) is 0 Å². The molecule has 186 valence electrons. The zero-order chi connectivity index (χ0) is 24.8. The molecule has 0 bridgehead atoms. The third kappa shape index (κ3) is 7.26. The van der Waals surface area contributed by atoms with Crippen LogP contribution < -0.4 is 21.8 Å². The molecular weight excluding hydrogens is 458 g/mol. The molecule has 1 heterocycles. The number of nitrogens with one attached hydrogen (secondary N) is 3. The second-order valence-corrected chi connectivity index (χ2v) is 11.1. The number of nitrogens with zero attached hydrogens (tertiary/aromatic N) is 1. The van der Waals surface area contributed by atoms with Crippen LogP contribution in [0.4, 0.5) is 10.5 Å². The number of ketones is 1. The Morgan fingerprint density at radius 2 is 2.06 bits per heavy atom. The van der Waals surface area contributed by atoms with Gasteiger partial charge in [0.15, 0.2) is 5.78 Å². The van der Waals surface area contributed by atoms with Gasteiger partial charge in [0.05, 0.1) is 6.04 Å². The first-order valence-electron chi connectivity index (χ1n) is 12.3. The Labute approximate surface area is 211 Å². The summed E-state index contributed by atoms with van der Waals surface area (Å²) in [6.07, 6.45) is 12.6. The highest BCUT2D eigenvalue weighted by molar-refractivity contribution is 7.99. The van der Waals surface area contributed by atoms with Crippen molar-refractivity contribution in [2.45, 2.75) is 57.0 Å². The number of thioether (sulfide) groups is 1. The number of dihydropyridines is 1. The van der Waals surface area contributed by atoms with E-state index in [0.29, 0.717) is 17.6 Å². The van der Waals surface area contributed by atoms with Crippen LogP contribution in [-0.2, 0) is 4.79 Å². The van der Waals surface area contributed by atoms with Crippen molar-refractivity contribution in [1.29, 1.82) is 0 Å². The summed E-state index contributed by atoms with van der Waals surface area (Å²) in [5.74, 6) is 7.42. The minimum absolute atomic E-state index is 0.131. The first-order valence-corrected chi connectivity index (χ1v) is 13.3. The molecule has 7 nitrogen and oxygen atoms in total. The Bertz CT molecular complexity index is 1040. The number of para-hydroxylation sites is 1. The van der Waals surface area contributed by atoms with Crippen molar-refractivity contribution in [2.75, 3.05) is 11.1 Å². The molecule has 0 spiro atoms. The average Bonchev–Trinajstić information content (AvgIpc) is 3.68. The van der Waals surface area contributed by atoms with Crippen LogP contribution in [-0.4, -0.2) is 40.0 Å². The van der Waals surface area contributed by atoms with Gasteiger partial charge in [-0.25, -0.2) is 10.6 Å². The summed E-state index contributed by atoms with van der Waals surface area (Å²) < 4.78 is 0. The number of rotatable bonds is 9. The van der Waals surface area contributed by atoms with Gasteiger partial charge in [0.1, 0.15) is 6.17 Å². The maximum atomic E-state index is 13.2. The zero-order valence-electron chi connectivity index (χ0n) is 20.4. The second kappa shape index (κ2) is 11.6. The van der Waals surface area contributed by atoms with Crippen LogP contribution in [0, 0.1) is 5.92 Å². The molecule has 2 aliphatic carbocycles. The number of amides is 2. The van der Waals surface area contributed by atoms with Crippen LogP contribution in [0.2, 0.25) is 0 Å². The molecular formula is C27H35N5O2S. The topological polar surface area (TPSA) is 99.5 Å². The van der Waals surface area contributed by atoms with Gasteiger partial charge in [-0.2, -0.15) is 11.8 Å². The molecule has 5 N–H and O–H groups in total. The molecule has 4 rings (SSSR count). The largest absolute Gasteiger partial charge is 0.368 e. The number of hydrogen-bond acceptors (Lipinski definition) is 6. The van der Waals surface area contributed by atoms with E-state index < -0.39 is 6.17 Å². The molecule has 2 unspecified atom stereocenters. The number of anilines is 1. The highest BCUT2D eigenvalue weighted by Gasteiger charge is 2.31. The van der Waals surface area contributed by atoms with Gasteiger partial charge < -0.3 is 16.0 Å². The first-order chi connectivity index (χ1) is 16.9. The maximum Gasteiger partial charge on any atom is 0.333 e. The number of hydrazine groups is 1. The molecule has 3 aliphatic rings. The SMILES string of the molecule is CC(C)SCC1CC=C(/C(=C/C2=CC(NC(=O)N(N)C3CC3)NC=C2)Nc2ccccc2)C(=O)C1. The lowest BCUT2D eigenvalue weighted by molar-refractivity contribution is -0.116. The van der Waals surface area contributed by atoms with Gasteiger partial charge >= 0.3 is 6.03 Å². The lowest BCUT2D eigenvalue weighted by Crippen LogP contribution is -2.52. The van der Waals surface area contributed by atoms with E-state index in [2.05, 4.69) is 35.9 Å². The Hall–Kier alpha value is -2.97. The number of allylic oxidation sites excluding steroid dienone is 5. The molecule has 0 saturated heterocycles. The Morgan fingerprint density at radius 1 is 1.29 bits per heavy atom. The summed E-state index contributed by atoms with van der Waals surface area (Å²) in [6, 6.07) is 9.67. The molecule has 1 aromatic carbocycles. The number of hydrogen-bond donors (Lipinski definition) is 4. The van der Waals surface area contributed by atoms with E-state index in [1.54, 1.807) is 6.20 Å². The number of nitrogens with two attached hydrogens (primary N) is 1. The van der Waals surface area contributed by atoms with Crippen LogP contribution in [0.15, 0.2) is 77.7 Å². The van der Waals surface area contributed by atoms with Crippen LogP contribution in [0.3, 0.4) is 0 Å². The average molecular weight is 494 g/mol. The fourth-order valence-corrected chi connectivity index (χ4v) is 4.96. The zero-order valence-corrected chi connectivity index (χ0v) is 21.2. The lowest BCUT2D eigenvalue weighted by atomic mass is 9.87. The van der Waals surface area contributed by atoms with Gasteiger partial charge in [0.2, 0.25) is 0 Å². The normalized spacial score (nSPS) is 22.3. The van der Waals surface area contributed by atoms with Gasteiger partial charge in [-0.05, 0) is 78.3 Å². The Balaban J connectivity index is 1.53. The molecule has 0 radical (unpaired) electrons. The standard InChI is InChI=1S/C27H35N5O2S/c1-18(2)35-17-20-8-11-23(25(33)15-20)24(30-21-6-4-3-5-7-21)14-19-12-13-29-26(16-19)31-27(34)32(28)22-9-10-22/h3-7,11-14,16,18,20,22,26,29-30H,8-10,15,17,28H2,1-2H3,(H,31,34)/b24-14-. The number of benzene rings is 1. The molecule has 1 aromatic rings. The molecule has 0 aromatic heterocycles. The van der Waals surface area contributed by atoms with Crippen molar-refractivity contribution in [3.05, 3.63) is 77.7 Å². The predicted octanol–water partition coefficient (Wildman–Crippen LogP) is 4.45. The summed E-state index contributed by atoms with van der Waals surface area (Å²) in [5, 5.41) is 11.3. The second-order valence-electron chi connectivity index (χ2n) is 9.51. The monoisotopic (exact) mass is 493 g/mol. The number of carbonyl (C=O) groups excluding carboxylic acids is 2. The summed E-state index contributed by atoms with van der Waals surface area (Å²) in [7, 11) is 0. The van der Waals surface area contributed by atoms with Crippen LogP contribution >= 0.6 is 11.8 Å². The van der Waals surface area contributed by atoms with Crippen molar-refractivity contribution in [3.8, 4) is 0 Å². The number of urea groups is 1. The van der Waals surface area contributed by atoms with Gasteiger partial charge in [0, 0.05) is 23.4 Å². The van der Waals surface area contributed by atoms with E-state index in [1.807, 2.05) is 60.3 Å². The summed E-state index contributed by atoms with van der Waals surface area (Å²) in [4.78, 5) is 25.6. The van der Waals surface area contributed by atoms with Gasteiger partial charge in [-0.3, -0.25) is 9.80 Å². The highest BCUT2D eigenvalue weighted by Crippen LogP contribution is 2.30. The Morgan fingerprint density at radius 3 is 2.74 bits per heavy atom. The van der Waals surface area contributed by atoms with E-state index in [9.17, 15) is 9.59 Å². The van der Waals surface area contributed by atoms with E-state index in [1.165, 1.54) is 5.01 Å². The summed E-state index contributed by atoms with van der Waals surface area (Å²) in [5.41, 5.74) is 3.28. The minimum atomic E-state index is -0.394. The molecule has 1 saturated carbocycles.